The SMILES string of the molecule is C=CCn1c(=O)c2cnc(Nc3ccc(N4CCN(C5CCN(C6CN(C(=O)OC(C)(C)C)C6)CC5)CC4)cc3)nc2n1-c1cccc(C(C)(C)O)n1. The predicted molar refractivity (Wildman–Crippen MR) is 206 cm³/mol. The first-order valence-corrected chi connectivity index (χ1v) is 18.7. The number of fused-ring (bicyclic) bond motifs is 1. The molecule has 14 heteroatoms. The number of nitrogens with zero attached hydrogens (tertiary/aromatic N) is 9. The monoisotopic (exact) mass is 724 g/mol. The lowest BCUT2D eigenvalue weighted by Gasteiger charge is -2.49. The van der Waals surface area contributed by atoms with Gasteiger partial charge >= 0.3 is 6.09 Å². The Balaban J connectivity index is 0.943. The summed E-state index contributed by atoms with van der Waals surface area (Å²) in [6, 6.07) is 14.7. The molecule has 0 saturated carbocycles. The lowest BCUT2D eigenvalue weighted by molar-refractivity contribution is -0.0247. The van der Waals surface area contributed by atoms with Crippen molar-refractivity contribution < 1.29 is 14.6 Å². The highest BCUT2D eigenvalue weighted by Crippen LogP contribution is 2.27. The molecule has 53 heavy (non-hydrogen) atoms. The fourth-order valence-electron chi connectivity index (χ4n) is 7.50. The number of benzene rings is 1. The predicted octanol–water partition coefficient (Wildman–Crippen LogP) is 4.34. The Kier molecular flexibility index (Phi) is 10.0. The number of hydrogen-bond acceptors (Lipinski definition) is 11. The number of carbonyl (C=O) groups is 1. The van der Waals surface area contributed by atoms with Gasteiger partial charge in [0.1, 0.15) is 16.6 Å². The molecule has 3 saturated heterocycles. The number of aliphatic hydroxyl groups is 1. The van der Waals surface area contributed by atoms with Crippen LogP contribution >= 0.6 is 0 Å². The van der Waals surface area contributed by atoms with E-state index in [4.69, 9.17) is 9.72 Å². The second kappa shape index (κ2) is 14.6. The summed E-state index contributed by atoms with van der Waals surface area (Å²) < 4.78 is 8.70. The number of piperidine rings is 1. The van der Waals surface area contributed by atoms with Crippen molar-refractivity contribution in [1.82, 2.24) is 39.0 Å². The number of piperazine rings is 1. The zero-order chi connectivity index (χ0) is 37.5. The number of anilines is 3. The van der Waals surface area contributed by atoms with Crippen molar-refractivity contribution in [1.29, 1.82) is 0 Å². The van der Waals surface area contributed by atoms with Crippen molar-refractivity contribution in [3.8, 4) is 5.82 Å². The Bertz CT molecular complexity index is 1990. The molecule has 0 radical (unpaired) electrons. The van der Waals surface area contributed by atoms with Crippen LogP contribution < -0.4 is 15.8 Å². The number of ether oxygens (including phenoxy) is 1. The van der Waals surface area contributed by atoms with Crippen LogP contribution in [0.25, 0.3) is 16.9 Å². The fraction of sp³-hybridized carbons (Fsp3) is 0.513. The minimum atomic E-state index is -1.16. The van der Waals surface area contributed by atoms with E-state index in [1.807, 2.05) is 37.8 Å². The van der Waals surface area contributed by atoms with Crippen molar-refractivity contribution in [2.24, 2.45) is 0 Å². The van der Waals surface area contributed by atoms with Crippen LogP contribution in [0.4, 0.5) is 22.1 Å². The van der Waals surface area contributed by atoms with E-state index in [0.717, 1.165) is 70.9 Å². The van der Waals surface area contributed by atoms with Crippen LogP contribution in [0.1, 0.15) is 53.2 Å². The van der Waals surface area contributed by atoms with E-state index in [0.29, 0.717) is 40.6 Å². The molecule has 3 fully saturated rings. The number of aromatic nitrogens is 5. The lowest BCUT2D eigenvalue weighted by atomic mass is 9.98. The molecule has 2 N–H and O–H groups in total. The van der Waals surface area contributed by atoms with E-state index in [2.05, 4.69) is 48.7 Å². The molecular weight excluding hydrogens is 672 g/mol. The first-order valence-electron chi connectivity index (χ1n) is 18.7. The number of amides is 1. The molecule has 1 amide bonds. The Morgan fingerprint density at radius 2 is 1.62 bits per heavy atom. The van der Waals surface area contributed by atoms with Gasteiger partial charge in [0.25, 0.3) is 5.56 Å². The van der Waals surface area contributed by atoms with Gasteiger partial charge in [0.05, 0.1) is 12.2 Å². The number of rotatable bonds is 9. The minimum absolute atomic E-state index is 0.201. The molecule has 0 atom stereocenters. The number of allylic oxidation sites excluding steroid dienone is 1. The first kappa shape index (κ1) is 36.6. The van der Waals surface area contributed by atoms with E-state index in [9.17, 15) is 14.7 Å². The van der Waals surface area contributed by atoms with Crippen LogP contribution in [-0.2, 0) is 16.9 Å². The summed E-state index contributed by atoms with van der Waals surface area (Å²) in [7, 11) is 0. The van der Waals surface area contributed by atoms with E-state index < -0.39 is 11.2 Å². The van der Waals surface area contributed by atoms with Crippen LogP contribution in [-0.4, -0.2) is 120 Å². The van der Waals surface area contributed by atoms with Gasteiger partial charge in [-0.15, -0.1) is 6.58 Å². The fourth-order valence-corrected chi connectivity index (χ4v) is 7.50. The van der Waals surface area contributed by atoms with E-state index in [-0.39, 0.29) is 18.2 Å². The molecule has 6 heterocycles. The second-order valence-corrected chi connectivity index (χ2v) is 15.9. The van der Waals surface area contributed by atoms with Crippen LogP contribution in [0.5, 0.6) is 0 Å². The van der Waals surface area contributed by atoms with Crippen molar-refractivity contribution in [2.45, 2.75) is 77.3 Å². The number of carbonyl (C=O) groups excluding carboxylic acids is 1. The standard InChI is InChI=1S/C39H52N10O4/c1-7-17-48-35(50)31-24-40-36(43-34(31)49(48)33-10-8-9-32(42-33)39(5,6)52)41-27-11-13-28(14-12-27)45-20-22-46(23-21-45)29-15-18-44(19-16-29)30-25-47(26-30)37(51)53-38(2,3)4/h7-14,24,29-30,52H,1,15-23,25-26H2,2-6H3,(H,40,41,43). The molecule has 0 spiro atoms. The molecule has 0 unspecified atom stereocenters. The number of likely N-dealkylation sites (tertiary alicyclic amines) is 2. The number of pyridine rings is 1. The van der Waals surface area contributed by atoms with E-state index in [1.54, 1.807) is 42.8 Å². The molecule has 14 nitrogen and oxygen atoms in total. The molecule has 3 aromatic heterocycles. The third kappa shape index (κ3) is 7.94. The van der Waals surface area contributed by atoms with Gasteiger partial charge in [0, 0.05) is 82.0 Å². The summed E-state index contributed by atoms with van der Waals surface area (Å²) in [6.45, 7) is 20.8. The minimum Gasteiger partial charge on any atom is -0.444 e. The summed E-state index contributed by atoms with van der Waals surface area (Å²) in [5.74, 6) is 0.811. The Morgan fingerprint density at radius 3 is 2.26 bits per heavy atom. The molecule has 0 bridgehead atoms. The summed E-state index contributed by atoms with van der Waals surface area (Å²) in [5, 5.41) is 14.3. The molecule has 0 aliphatic carbocycles. The Labute approximate surface area is 310 Å². The molecular formula is C39H52N10O4. The highest BCUT2D eigenvalue weighted by atomic mass is 16.6. The smallest absolute Gasteiger partial charge is 0.410 e. The van der Waals surface area contributed by atoms with Crippen LogP contribution in [0.15, 0.2) is 66.1 Å². The van der Waals surface area contributed by atoms with Gasteiger partial charge in [0.2, 0.25) is 5.95 Å². The van der Waals surface area contributed by atoms with Crippen molar-refractivity contribution in [3.63, 3.8) is 0 Å². The summed E-state index contributed by atoms with van der Waals surface area (Å²) >= 11 is 0. The lowest BCUT2D eigenvalue weighted by Crippen LogP contribution is -2.63. The van der Waals surface area contributed by atoms with E-state index >= 15 is 0 Å². The molecule has 3 aliphatic heterocycles. The largest absolute Gasteiger partial charge is 0.444 e. The summed E-state index contributed by atoms with van der Waals surface area (Å²) in [5.41, 5.74) is 1.02. The zero-order valence-corrected chi connectivity index (χ0v) is 31.5. The molecule has 3 aliphatic rings. The van der Waals surface area contributed by atoms with E-state index in [1.165, 1.54) is 16.6 Å². The maximum absolute atomic E-state index is 13.4. The molecule has 7 rings (SSSR count). The summed E-state index contributed by atoms with van der Waals surface area (Å²) in [6.07, 6.45) is 5.31. The van der Waals surface area contributed by atoms with Gasteiger partial charge in [-0.2, -0.15) is 4.98 Å². The maximum Gasteiger partial charge on any atom is 0.410 e. The van der Waals surface area contributed by atoms with Crippen LogP contribution in [0, 0.1) is 0 Å². The quantitative estimate of drug-likeness (QED) is 0.239. The summed E-state index contributed by atoms with van der Waals surface area (Å²) in [4.78, 5) is 49.1. The average molecular weight is 725 g/mol. The third-order valence-electron chi connectivity index (χ3n) is 10.4. The number of nitrogens with one attached hydrogen (secondary N) is 1. The van der Waals surface area contributed by atoms with Gasteiger partial charge in [-0.05, 0) is 83.9 Å². The molecule has 1 aromatic carbocycles. The van der Waals surface area contributed by atoms with Gasteiger partial charge in [-0.25, -0.2) is 24.1 Å². The van der Waals surface area contributed by atoms with Gasteiger partial charge < -0.3 is 25.0 Å². The van der Waals surface area contributed by atoms with Gasteiger partial charge in [-0.1, -0.05) is 12.1 Å². The third-order valence-corrected chi connectivity index (χ3v) is 10.4. The molecule has 4 aromatic rings. The van der Waals surface area contributed by atoms with Gasteiger partial charge in [0.15, 0.2) is 11.5 Å². The maximum atomic E-state index is 13.4. The molecule has 282 valence electrons. The number of hydrogen-bond donors (Lipinski definition) is 2. The van der Waals surface area contributed by atoms with Crippen molar-refractivity contribution in [2.75, 3.05) is 62.6 Å². The second-order valence-electron chi connectivity index (χ2n) is 15.9. The van der Waals surface area contributed by atoms with Crippen LogP contribution in [0.3, 0.4) is 0 Å². The Morgan fingerprint density at radius 1 is 0.943 bits per heavy atom. The topological polar surface area (TPSA) is 137 Å². The highest BCUT2D eigenvalue weighted by Gasteiger charge is 2.39. The van der Waals surface area contributed by atoms with Crippen molar-refractivity contribution in [3.05, 3.63) is 77.4 Å². The van der Waals surface area contributed by atoms with Crippen molar-refractivity contribution >= 4 is 34.4 Å². The Hall–Kier alpha value is -4.79. The first-order chi connectivity index (χ1) is 25.3. The normalized spacial score (nSPS) is 18.3. The average Bonchev–Trinajstić information content (AvgIpc) is 3.37. The van der Waals surface area contributed by atoms with Crippen LogP contribution in [0.2, 0.25) is 0 Å². The zero-order valence-electron chi connectivity index (χ0n) is 31.5. The van der Waals surface area contributed by atoms with Gasteiger partial charge in [-0.3, -0.25) is 14.6 Å². The highest BCUT2D eigenvalue weighted by molar-refractivity contribution is 5.77.